The summed E-state index contributed by atoms with van der Waals surface area (Å²) < 4.78 is 97.5. The highest BCUT2D eigenvalue weighted by atomic mass is 32.2. The molecule has 3 heterocycles. The SMILES string of the molecule is Cc1cc(-c2ccc(NS(=O)(=O)CCC(F)(F)F)c(F)c2)nc2cnc(N[C@H]3C[C@H](F)CN(C(=O)OC(C)(C)C)C3)nc12. The number of anilines is 2. The van der Waals surface area contributed by atoms with Gasteiger partial charge in [-0.15, -0.1) is 0 Å². The number of alkyl halides is 4. The molecule has 0 radical (unpaired) electrons. The number of aryl methyl sites for hydroxylation is 1. The van der Waals surface area contributed by atoms with Gasteiger partial charge in [0.2, 0.25) is 16.0 Å². The Morgan fingerprint density at radius 3 is 2.51 bits per heavy atom. The van der Waals surface area contributed by atoms with Gasteiger partial charge in [-0.2, -0.15) is 13.2 Å². The molecule has 0 unspecified atom stereocenters. The second kappa shape index (κ2) is 12.1. The summed E-state index contributed by atoms with van der Waals surface area (Å²) in [6.07, 6.45) is -6.56. The van der Waals surface area contributed by atoms with Crippen LogP contribution in [0, 0.1) is 12.7 Å². The molecule has 1 aliphatic heterocycles. The standard InChI is InChI=1S/C27H31F5N6O4S/c1-15-9-21(16-5-6-20(19(29)10-16)37-43(40,41)8-7-27(30,31)32)35-22-12-33-24(36-23(15)22)34-18-11-17(28)13-38(14-18)25(39)42-26(2,3)4/h5-6,9-10,12,17-18,37H,7-8,11,13-14H2,1-4H3,(H,33,34,36)/t17-,18-/m0/s1. The number of halogens is 5. The van der Waals surface area contributed by atoms with Crippen LogP contribution in [-0.4, -0.2) is 77.2 Å². The molecule has 10 nitrogen and oxygen atoms in total. The number of benzene rings is 1. The highest BCUT2D eigenvalue weighted by molar-refractivity contribution is 7.92. The van der Waals surface area contributed by atoms with Gasteiger partial charge in [0, 0.05) is 24.6 Å². The van der Waals surface area contributed by atoms with Crippen LogP contribution in [0.1, 0.15) is 39.2 Å². The van der Waals surface area contributed by atoms with Gasteiger partial charge in [0.1, 0.15) is 23.1 Å². The lowest BCUT2D eigenvalue weighted by molar-refractivity contribution is -0.129. The van der Waals surface area contributed by atoms with E-state index in [9.17, 15) is 35.2 Å². The number of piperidine rings is 1. The molecule has 2 N–H and O–H groups in total. The third kappa shape index (κ3) is 8.84. The van der Waals surface area contributed by atoms with E-state index in [2.05, 4.69) is 20.3 Å². The van der Waals surface area contributed by atoms with Crippen LogP contribution >= 0.6 is 0 Å². The summed E-state index contributed by atoms with van der Waals surface area (Å²) in [5.41, 5.74) is 0.851. The van der Waals surface area contributed by atoms with Crippen LogP contribution < -0.4 is 10.0 Å². The molecule has 16 heteroatoms. The summed E-state index contributed by atoms with van der Waals surface area (Å²) >= 11 is 0. The van der Waals surface area contributed by atoms with Gasteiger partial charge >= 0.3 is 12.3 Å². The molecule has 3 aromatic rings. The quantitative estimate of drug-likeness (QED) is 0.324. The fourth-order valence-electron chi connectivity index (χ4n) is 4.43. The number of nitrogens with zero attached hydrogens (tertiary/aromatic N) is 4. The molecular weight excluding hydrogens is 599 g/mol. The van der Waals surface area contributed by atoms with Crippen molar-refractivity contribution in [3.63, 3.8) is 0 Å². The van der Waals surface area contributed by atoms with Gasteiger partial charge in [-0.25, -0.2) is 36.9 Å². The lowest BCUT2D eigenvalue weighted by Gasteiger charge is -2.36. The van der Waals surface area contributed by atoms with E-state index in [4.69, 9.17) is 4.74 Å². The average Bonchev–Trinajstić information content (AvgIpc) is 2.87. The second-order valence-corrected chi connectivity index (χ2v) is 13.1. The number of rotatable bonds is 7. The summed E-state index contributed by atoms with van der Waals surface area (Å²) in [5.74, 6) is -2.04. The van der Waals surface area contributed by atoms with E-state index in [0.717, 1.165) is 12.1 Å². The number of hydrogen-bond donors (Lipinski definition) is 2. The molecule has 2 aromatic heterocycles. The van der Waals surface area contributed by atoms with Gasteiger partial charge in [-0.1, -0.05) is 6.07 Å². The van der Waals surface area contributed by atoms with E-state index >= 15 is 0 Å². The van der Waals surface area contributed by atoms with Crippen molar-refractivity contribution in [1.82, 2.24) is 19.9 Å². The molecule has 1 amide bonds. The Balaban J connectivity index is 1.49. The highest BCUT2D eigenvalue weighted by Gasteiger charge is 2.33. The van der Waals surface area contributed by atoms with Gasteiger partial charge in [0.25, 0.3) is 0 Å². The number of nitrogens with one attached hydrogen (secondary N) is 2. The Morgan fingerprint density at radius 1 is 1.14 bits per heavy atom. The zero-order valence-electron chi connectivity index (χ0n) is 23.8. The van der Waals surface area contributed by atoms with E-state index in [0.29, 0.717) is 22.3 Å². The summed E-state index contributed by atoms with van der Waals surface area (Å²) in [7, 11) is -4.43. The number of ether oxygens (including phenoxy) is 1. The minimum Gasteiger partial charge on any atom is -0.444 e. The van der Waals surface area contributed by atoms with Crippen LogP contribution in [0.4, 0.5) is 38.4 Å². The third-order valence-electron chi connectivity index (χ3n) is 6.31. The van der Waals surface area contributed by atoms with Crippen molar-refractivity contribution in [3.8, 4) is 11.3 Å². The van der Waals surface area contributed by atoms with Gasteiger partial charge in [-0.05, 0) is 51.5 Å². The molecule has 4 rings (SSSR count). The van der Waals surface area contributed by atoms with Gasteiger partial charge in [0.15, 0.2) is 0 Å². The van der Waals surface area contributed by atoms with Crippen LogP contribution in [0.15, 0.2) is 30.5 Å². The number of fused-ring (bicyclic) bond motifs is 1. The molecule has 0 spiro atoms. The van der Waals surface area contributed by atoms with E-state index < -0.39 is 63.8 Å². The molecule has 43 heavy (non-hydrogen) atoms. The van der Waals surface area contributed by atoms with Crippen molar-refractivity contribution in [3.05, 3.63) is 41.8 Å². The molecule has 234 valence electrons. The van der Waals surface area contributed by atoms with Crippen LogP contribution in [-0.2, 0) is 14.8 Å². The minimum absolute atomic E-state index is 0.0804. The van der Waals surface area contributed by atoms with Crippen molar-refractivity contribution in [2.24, 2.45) is 0 Å². The summed E-state index contributed by atoms with van der Waals surface area (Å²) in [5, 5.41) is 3.07. The number of carbonyl (C=O) groups is 1. The molecule has 0 saturated carbocycles. The fraction of sp³-hybridized carbons (Fsp3) is 0.481. The fourth-order valence-corrected chi connectivity index (χ4v) is 5.53. The molecule has 1 aliphatic rings. The largest absolute Gasteiger partial charge is 0.444 e. The number of carbonyl (C=O) groups excluding carboxylic acids is 1. The van der Waals surface area contributed by atoms with Crippen molar-refractivity contribution < 1.29 is 39.9 Å². The maximum Gasteiger partial charge on any atom is 0.410 e. The Bertz CT molecular complexity index is 1610. The average molecular weight is 631 g/mol. The molecule has 1 saturated heterocycles. The van der Waals surface area contributed by atoms with Crippen LogP contribution in [0.5, 0.6) is 0 Å². The zero-order valence-corrected chi connectivity index (χ0v) is 24.6. The summed E-state index contributed by atoms with van der Waals surface area (Å²) in [6, 6.07) is 4.64. The number of sulfonamides is 1. The third-order valence-corrected chi connectivity index (χ3v) is 7.58. The maximum atomic E-state index is 14.7. The number of hydrogen-bond acceptors (Lipinski definition) is 8. The van der Waals surface area contributed by atoms with Crippen LogP contribution in [0.3, 0.4) is 0 Å². The van der Waals surface area contributed by atoms with Crippen molar-refractivity contribution in [1.29, 1.82) is 0 Å². The topological polar surface area (TPSA) is 126 Å². The molecule has 1 fully saturated rings. The lowest BCUT2D eigenvalue weighted by Crippen LogP contribution is -2.51. The van der Waals surface area contributed by atoms with E-state index in [1.165, 1.54) is 17.2 Å². The predicted molar refractivity (Wildman–Crippen MR) is 150 cm³/mol. The number of likely N-dealkylation sites (tertiary alicyclic amines) is 1. The van der Waals surface area contributed by atoms with Crippen molar-refractivity contribution >= 4 is 38.8 Å². The van der Waals surface area contributed by atoms with Gasteiger partial charge in [0.05, 0.1) is 41.8 Å². The Kier molecular flexibility index (Phi) is 9.00. The van der Waals surface area contributed by atoms with Crippen molar-refractivity contribution in [2.75, 3.05) is 28.9 Å². The summed E-state index contributed by atoms with van der Waals surface area (Å²) in [6.45, 7) is 7.03. The summed E-state index contributed by atoms with van der Waals surface area (Å²) in [4.78, 5) is 27.0. The number of aromatic nitrogens is 3. The molecular formula is C27H31F5N6O4S. The Morgan fingerprint density at radius 2 is 1.86 bits per heavy atom. The second-order valence-electron chi connectivity index (χ2n) is 11.3. The first kappa shape index (κ1) is 32.1. The predicted octanol–water partition coefficient (Wildman–Crippen LogP) is 5.59. The minimum atomic E-state index is -4.67. The first-order valence-electron chi connectivity index (χ1n) is 13.3. The molecule has 0 bridgehead atoms. The van der Waals surface area contributed by atoms with Gasteiger partial charge in [-0.3, -0.25) is 4.72 Å². The zero-order chi connectivity index (χ0) is 31.7. The lowest BCUT2D eigenvalue weighted by atomic mass is 10.0. The van der Waals surface area contributed by atoms with E-state index in [1.54, 1.807) is 33.8 Å². The molecule has 1 aromatic carbocycles. The van der Waals surface area contributed by atoms with Crippen LogP contribution in [0.2, 0.25) is 0 Å². The molecule has 0 aliphatic carbocycles. The first-order valence-corrected chi connectivity index (χ1v) is 14.9. The number of pyridine rings is 1. The first-order chi connectivity index (χ1) is 19.9. The van der Waals surface area contributed by atoms with Crippen molar-refractivity contribution in [2.45, 2.75) is 64.5 Å². The maximum absolute atomic E-state index is 14.7. The Hall–Kier alpha value is -3.82. The smallest absolute Gasteiger partial charge is 0.410 e. The van der Waals surface area contributed by atoms with Crippen LogP contribution in [0.25, 0.3) is 22.3 Å². The molecule has 2 atom stereocenters. The normalized spacial score (nSPS) is 18.0. The highest BCUT2D eigenvalue weighted by Crippen LogP contribution is 2.28. The van der Waals surface area contributed by atoms with Gasteiger partial charge < -0.3 is 15.0 Å². The van der Waals surface area contributed by atoms with E-state index in [1.807, 2.05) is 4.72 Å². The van der Waals surface area contributed by atoms with E-state index in [-0.39, 0.29) is 31.0 Å². The number of amides is 1. The monoisotopic (exact) mass is 630 g/mol. The Labute approximate surface area is 245 Å².